The lowest BCUT2D eigenvalue weighted by Gasteiger charge is -2.07. The molecular formula is C16H15ClNO+. The van der Waals surface area contributed by atoms with E-state index in [1.54, 1.807) is 6.20 Å². The van der Waals surface area contributed by atoms with Crippen molar-refractivity contribution in [3.63, 3.8) is 0 Å². The summed E-state index contributed by atoms with van der Waals surface area (Å²) >= 11 is 6.06. The lowest BCUT2D eigenvalue weighted by atomic mass is 9.99. The summed E-state index contributed by atoms with van der Waals surface area (Å²) in [5.41, 5.74) is 6.06. The number of pyridine rings is 1. The summed E-state index contributed by atoms with van der Waals surface area (Å²) in [6.45, 7) is 6.13. The van der Waals surface area contributed by atoms with Crippen molar-refractivity contribution in [3.8, 4) is 0 Å². The second-order valence-corrected chi connectivity index (χ2v) is 5.45. The molecule has 2 aromatic rings. The van der Waals surface area contributed by atoms with E-state index in [0.717, 1.165) is 45.8 Å². The van der Waals surface area contributed by atoms with Crippen LogP contribution in [0.2, 0.25) is 5.02 Å². The topological polar surface area (TPSA) is 24.1 Å². The Bertz CT molecular complexity index is 691. The zero-order valence-electron chi connectivity index (χ0n) is 10.8. The third-order valence-corrected chi connectivity index (χ3v) is 3.84. The molecule has 0 saturated carbocycles. The van der Waals surface area contributed by atoms with Crippen LogP contribution in [0.25, 0.3) is 5.57 Å². The number of fused-ring (bicyclic) bond motifs is 2. The minimum absolute atomic E-state index is 0.741. The van der Waals surface area contributed by atoms with Crippen LogP contribution < -0.4 is 4.73 Å². The highest BCUT2D eigenvalue weighted by atomic mass is 35.5. The van der Waals surface area contributed by atoms with Gasteiger partial charge in [-0.25, -0.2) is 0 Å². The van der Waals surface area contributed by atoms with Crippen molar-refractivity contribution >= 4 is 17.2 Å². The van der Waals surface area contributed by atoms with Gasteiger partial charge in [-0.15, -0.1) is 0 Å². The van der Waals surface area contributed by atoms with Gasteiger partial charge < -0.3 is 0 Å². The molecule has 1 aromatic heterocycles. The van der Waals surface area contributed by atoms with E-state index in [1.165, 1.54) is 10.3 Å². The first-order valence-electron chi connectivity index (χ1n) is 6.29. The van der Waals surface area contributed by atoms with E-state index >= 15 is 0 Å². The van der Waals surface area contributed by atoms with Crippen LogP contribution in [-0.2, 0) is 12.8 Å². The quantitative estimate of drug-likeness (QED) is 0.577. The molecule has 96 valence electrons. The van der Waals surface area contributed by atoms with Gasteiger partial charge in [-0.2, -0.15) is 0 Å². The van der Waals surface area contributed by atoms with E-state index in [2.05, 4.69) is 12.6 Å². The average molecular weight is 273 g/mol. The van der Waals surface area contributed by atoms with E-state index in [0.29, 0.717) is 0 Å². The highest BCUT2D eigenvalue weighted by Crippen LogP contribution is 2.31. The molecular weight excluding hydrogens is 258 g/mol. The lowest BCUT2D eigenvalue weighted by Crippen LogP contribution is -2.36. The van der Waals surface area contributed by atoms with Crippen LogP contribution in [-0.4, -0.2) is 5.21 Å². The molecule has 0 bridgehead atoms. The van der Waals surface area contributed by atoms with Gasteiger partial charge in [0.05, 0.1) is 5.57 Å². The summed E-state index contributed by atoms with van der Waals surface area (Å²) in [6, 6.07) is 7.95. The third-order valence-electron chi connectivity index (χ3n) is 3.60. The number of aromatic nitrogens is 1. The molecule has 0 unspecified atom stereocenters. The van der Waals surface area contributed by atoms with Gasteiger partial charge in [0.1, 0.15) is 0 Å². The van der Waals surface area contributed by atoms with E-state index in [-0.39, 0.29) is 0 Å². The third kappa shape index (κ3) is 2.02. The van der Waals surface area contributed by atoms with E-state index < -0.39 is 0 Å². The van der Waals surface area contributed by atoms with Gasteiger partial charge in [0.2, 0.25) is 6.20 Å². The summed E-state index contributed by atoms with van der Waals surface area (Å²) in [5.74, 6) is 0. The predicted octanol–water partition coefficient (Wildman–Crippen LogP) is 3.33. The molecule has 1 N–H and O–H groups in total. The van der Waals surface area contributed by atoms with Crippen molar-refractivity contribution in [1.82, 2.24) is 0 Å². The largest absolute Gasteiger partial charge is 0.285 e. The Morgan fingerprint density at radius 1 is 1.21 bits per heavy atom. The summed E-state index contributed by atoms with van der Waals surface area (Å²) in [6.07, 6.45) is 3.50. The first-order valence-corrected chi connectivity index (χ1v) is 6.66. The van der Waals surface area contributed by atoms with Crippen LogP contribution in [0.15, 0.2) is 37.0 Å². The van der Waals surface area contributed by atoms with Gasteiger partial charge in [-0.1, -0.05) is 24.2 Å². The fourth-order valence-electron chi connectivity index (χ4n) is 2.77. The maximum atomic E-state index is 10.1. The van der Waals surface area contributed by atoms with E-state index in [9.17, 15) is 5.21 Å². The summed E-state index contributed by atoms with van der Waals surface area (Å²) in [4.78, 5) is 0. The van der Waals surface area contributed by atoms with Gasteiger partial charge in [0, 0.05) is 20.9 Å². The lowest BCUT2D eigenvalue weighted by molar-refractivity contribution is -0.906. The van der Waals surface area contributed by atoms with Crippen molar-refractivity contribution in [3.05, 3.63) is 70.0 Å². The minimum atomic E-state index is 0.741. The SMILES string of the molecule is C=C1c2ccc(Cl)cc2CCc2cc(C)c[n+](O)c21. The van der Waals surface area contributed by atoms with Crippen LogP contribution in [0, 0.1) is 6.92 Å². The second-order valence-electron chi connectivity index (χ2n) is 5.02. The Kier molecular flexibility index (Phi) is 2.83. The molecule has 0 atom stereocenters. The number of hydrogen-bond acceptors (Lipinski definition) is 1. The fourth-order valence-corrected chi connectivity index (χ4v) is 2.96. The van der Waals surface area contributed by atoms with Gasteiger partial charge in [-0.05, 0) is 49.1 Å². The maximum absolute atomic E-state index is 10.1. The zero-order chi connectivity index (χ0) is 13.6. The maximum Gasteiger partial charge on any atom is 0.267 e. The van der Waals surface area contributed by atoms with Gasteiger partial charge in [-0.3, -0.25) is 5.21 Å². The molecule has 1 heterocycles. The molecule has 0 fully saturated rings. The molecule has 2 nitrogen and oxygen atoms in total. The highest BCUT2D eigenvalue weighted by molar-refractivity contribution is 6.30. The Labute approximate surface area is 117 Å². The molecule has 0 saturated heterocycles. The van der Waals surface area contributed by atoms with Gasteiger partial charge in [0.25, 0.3) is 5.69 Å². The highest BCUT2D eigenvalue weighted by Gasteiger charge is 2.26. The summed E-state index contributed by atoms with van der Waals surface area (Å²) in [5, 5.41) is 10.9. The molecule has 1 aliphatic rings. The predicted molar refractivity (Wildman–Crippen MR) is 75.6 cm³/mol. The first-order chi connectivity index (χ1) is 9.06. The number of hydrogen-bond donors (Lipinski definition) is 1. The number of rotatable bonds is 0. The number of nitrogens with zero attached hydrogens (tertiary/aromatic N) is 1. The number of benzene rings is 1. The average Bonchev–Trinajstić information content (AvgIpc) is 2.47. The summed E-state index contributed by atoms with van der Waals surface area (Å²) in [7, 11) is 0. The molecule has 0 radical (unpaired) electrons. The molecule has 1 aliphatic carbocycles. The molecule has 0 spiro atoms. The summed E-state index contributed by atoms with van der Waals surface area (Å²) < 4.78 is 1.19. The van der Waals surface area contributed by atoms with Crippen LogP contribution in [0.1, 0.15) is 27.9 Å². The normalized spacial score (nSPS) is 13.7. The Balaban J connectivity index is 2.23. The monoisotopic (exact) mass is 272 g/mol. The number of aryl methyl sites for hydroxylation is 3. The molecule has 19 heavy (non-hydrogen) atoms. The van der Waals surface area contributed by atoms with Crippen molar-refractivity contribution in [2.24, 2.45) is 0 Å². The fraction of sp³-hybridized carbons (Fsp3) is 0.188. The Morgan fingerprint density at radius 2 is 1.95 bits per heavy atom. The Morgan fingerprint density at radius 3 is 2.74 bits per heavy atom. The number of halogens is 1. The van der Waals surface area contributed by atoms with Gasteiger partial charge >= 0.3 is 0 Å². The van der Waals surface area contributed by atoms with Crippen molar-refractivity contribution < 1.29 is 9.94 Å². The van der Waals surface area contributed by atoms with Crippen LogP contribution in [0.4, 0.5) is 0 Å². The molecule has 1 aromatic carbocycles. The molecule has 0 amide bonds. The standard InChI is InChI=1S/C16H15ClNO/c1-10-7-13-4-3-12-8-14(17)5-6-15(12)11(2)16(13)18(19)9-10/h5-9,19H,2-4H2,1H3/q+1. The van der Waals surface area contributed by atoms with Gasteiger partial charge in [0.15, 0.2) is 0 Å². The second kappa shape index (κ2) is 4.39. The first kappa shape index (κ1) is 12.2. The zero-order valence-corrected chi connectivity index (χ0v) is 11.5. The molecule has 3 rings (SSSR count). The van der Waals surface area contributed by atoms with Crippen LogP contribution in [0.5, 0.6) is 0 Å². The van der Waals surface area contributed by atoms with Crippen molar-refractivity contribution in [2.75, 3.05) is 0 Å². The molecule has 3 heteroatoms. The smallest absolute Gasteiger partial charge is 0.267 e. The van der Waals surface area contributed by atoms with Crippen LogP contribution >= 0.6 is 11.6 Å². The van der Waals surface area contributed by atoms with Crippen molar-refractivity contribution in [1.29, 1.82) is 0 Å². The van der Waals surface area contributed by atoms with Crippen molar-refractivity contribution in [2.45, 2.75) is 19.8 Å². The minimum Gasteiger partial charge on any atom is -0.285 e. The van der Waals surface area contributed by atoms with E-state index in [1.807, 2.05) is 25.1 Å². The molecule has 0 aliphatic heterocycles. The van der Waals surface area contributed by atoms with E-state index in [4.69, 9.17) is 11.6 Å². The Hall–Kier alpha value is -1.80. The van der Waals surface area contributed by atoms with Crippen LogP contribution in [0.3, 0.4) is 0 Å².